The topological polar surface area (TPSA) is 25.2 Å². The van der Waals surface area contributed by atoms with Crippen molar-refractivity contribution in [2.75, 3.05) is 7.05 Å². The van der Waals surface area contributed by atoms with E-state index in [1.165, 1.54) is 5.56 Å². The lowest BCUT2D eigenvalue weighted by molar-refractivity contribution is 0.431. The molecule has 0 aliphatic heterocycles. The zero-order valence-corrected chi connectivity index (χ0v) is 12.5. The monoisotopic (exact) mass is 307 g/mol. The third-order valence-electron chi connectivity index (χ3n) is 3.18. The summed E-state index contributed by atoms with van der Waals surface area (Å²) in [5.41, 5.74) is 2.33. The summed E-state index contributed by atoms with van der Waals surface area (Å²) in [6.45, 7) is 4.22. The van der Waals surface area contributed by atoms with Crippen molar-refractivity contribution in [3.63, 3.8) is 0 Å². The van der Waals surface area contributed by atoms with Gasteiger partial charge in [-0.2, -0.15) is 0 Å². The van der Waals surface area contributed by atoms with Crippen molar-refractivity contribution >= 4 is 15.9 Å². The smallest absolute Gasteiger partial charge is 0.134 e. The van der Waals surface area contributed by atoms with Gasteiger partial charge in [0.1, 0.15) is 11.5 Å². The standard InChI is InChI=1S/C15H18BrNO/c1-4-13(17-3)15-8-7-14(18-15)11-6-5-10(2)12(16)9-11/h5-9,13,17H,4H2,1-3H3. The van der Waals surface area contributed by atoms with Gasteiger partial charge in [-0.25, -0.2) is 0 Å². The first kappa shape index (κ1) is 13.4. The van der Waals surface area contributed by atoms with E-state index < -0.39 is 0 Å². The largest absolute Gasteiger partial charge is 0.459 e. The summed E-state index contributed by atoms with van der Waals surface area (Å²) in [5.74, 6) is 1.91. The highest BCUT2D eigenvalue weighted by Crippen LogP contribution is 2.29. The third kappa shape index (κ3) is 2.68. The summed E-state index contributed by atoms with van der Waals surface area (Å²) in [4.78, 5) is 0. The van der Waals surface area contributed by atoms with Crippen LogP contribution >= 0.6 is 15.9 Å². The number of hydrogen-bond donors (Lipinski definition) is 1. The number of benzene rings is 1. The van der Waals surface area contributed by atoms with Crippen LogP contribution in [-0.4, -0.2) is 7.05 Å². The minimum Gasteiger partial charge on any atom is -0.459 e. The van der Waals surface area contributed by atoms with Crippen LogP contribution in [0.1, 0.15) is 30.7 Å². The maximum absolute atomic E-state index is 5.93. The number of nitrogens with one attached hydrogen (secondary N) is 1. The molecule has 96 valence electrons. The Labute approximate surface area is 117 Å². The van der Waals surface area contributed by atoms with Crippen LogP contribution in [-0.2, 0) is 0 Å². The Balaban J connectivity index is 2.31. The van der Waals surface area contributed by atoms with Crippen LogP contribution in [0.2, 0.25) is 0 Å². The van der Waals surface area contributed by atoms with Crippen LogP contribution < -0.4 is 5.32 Å². The molecule has 0 bridgehead atoms. The fourth-order valence-electron chi connectivity index (χ4n) is 1.99. The van der Waals surface area contributed by atoms with Crippen LogP contribution in [0.4, 0.5) is 0 Å². The molecular formula is C15H18BrNO. The number of furan rings is 1. The maximum atomic E-state index is 5.93. The highest BCUT2D eigenvalue weighted by atomic mass is 79.9. The molecule has 1 heterocycles. The van der Waals surface area contributed by atoms with Gasteiger partial charge in [-0.05, 0) is 44.2 Å². The van der Waals surface area contributed by atoms with Gasteiger partial charge in [0, 0.05) is 10.0 Å². The van der Waals surface area contributed by atoms with Crippen molar-refractivity contribution in [1.82, 2.24) is 5.32 Å². The Morgan fingerprint density at radius 3 is 2.67 bits per heavy atom. The van der Waals surface area contributed by atoms with Crippen molar-refractivity contribution in [2.24, 2.45) is 0 Å². The second-order valence-corrected chi connectivity index (χ2v) is 5.27. The third-order valence-corrected chi connectivity index (χ3v) is 4.04. The van der Waals surface area contributed by atoms with Crippen LogP contribution in [0.5, 0.6) is 0 Å². The molecule has 18 heavy (non-hydrogen) atoms. The molecule has 2 aromatic rings. The minimum atomic E-state index is 0.285. The minimum absolute atomic E-state index is 0.285. The normalized spacial score (nSPS) is 12.7. The van der Waals surface area contributed by atoms with E-state index in [-0.39, 0.29) is 6.04 Å². The van der Waals surface area contributed by atoms with E-state index in [4.69, 9.17) is 4.42 Å². The van der Waals surface area contributed by atoms with E-state index in [1.54, 1.807) is 0 Å². The molecular weight excluding hydrogens is 290 g/mol. The second-order valence-electron chi connectivity index (χ2n) is 4.42. The van der Waals surface area contributed by atoms with Gasteiger partial charge >= 0.3 is 0 Å². The van der Waals surface area contributed by atoms with Gasteiger partial charge in [0.15, 0.2) is 0 Å². The molecule has 0 amide bonds. The average molecular weight is 308 g/mol. The molecule has 0 saturated carbocycles. The van der Waals surface area contributed by atoms with Gasteiger partial charge in [-0.3, -0.25) is 0 Å². The first-order valence-corrected chi connectivity index (χ1v) is 6.98. The molecule has 0 spiro atoms. The van der Waals surface area contributed by atoms with E-state index in [1.807, 2.05) is 19.2 Å². The van der Waals surface area contributed by atoms with E-state index in [0.29, 0.717) is 0 Å². The van der Waals surface area contributed by atoms with Crippen molar-refractivity contribution < 1.29 is 4.42 Å². The highest BCUT2D eigenvalue weighted by molar-refractivity contribution is 9.10. The van der Waals surface area contributed by atoms with Crippen molar-refractivity contribution in [1.29, 1.82) is 0 Å². The molecule has 0 aliphatic rings. The van der Waals surface area contributed by atoms with E-state index in [2.05, 4.69) is 53.3 Å². The van der Waals surface area contributed by atoms with Gasteiger partial charge < -0.3 is 9.73 Å². The predicted molar refractivity (Wildman–Crippen MR) is 78.7 cm³/mol. The lowest BCUT2D eigenvalue weighted by Crippen LogP contribution is -2.14. The Morgan fingerprint density at radius 1 is 1.28 bits per heavy atom. The zero-order chi connectivity index (χ0) is 13.1. The molecule has 1 N–H and O–H groups in total. The second kappa shape index (κ2) is 5.72. The first-order valence-electron chi connectivity index (χ1n) is 6.19. The molecule has 1 atom stereocenters. The number of halogens is 1. The fourth-order valence-corrected chi connectivity index (χ4v) is 2.37. The quantitative estimate of drug-likeness (QED) is 0.886. The molecule has 1 aromatic carbocycles. The van der Waals surface area contributed by atoms with Crippen LogP contribution in [0.3, 0.4) is 0 Å². The van der Waals surface area contributed by atoms with Gasteiger partial charge in [-0.15, -0.1) is 0 Å². The summed E-state index contributed by atoms with van der Waals surface area (Å²) in [6.07, 6.45) is 1.01. The Bertz CT molecular complexity index is 529. The van der Waals surface area contributed by atoms with E-state index >= 15 is 0 Å². The summed E-state index contributed by atoms with van der Waals surface area (Å²) >= 11 is 3.55. The Morgan fingerprint density at radius 2 is 2.06 bits per heavy atom. The predicted octanol–water partition coefficient (Wildman–Crippen LogP) is 4.69. The van der Waals surface area contributed by atoms with E-state index in [9.17, 15) is 0 Å². The molecule has 2 rings (SSSR count). The van der Waals surface area contributed by atoms with Crippen molar-refractivity contribution in [2.45, 2.75) is 26.3 Å². The molecule has 0 aliphatic carbocycles. The van der Waals surface area contributed by atoms with Crippen LogP contribution in [0.15, 0.2) is 39.2 Å². The van der Waals surface area contributed by atoms with Gasteiger partial charge in [0.25, 0.3) is 0 Å². The molecule has 3 heteroatoms. The van der Waals surface area contributed by atoms with Gasteiger partial charge in [0.2, 0.25) is 0 Å². The summed E-state index contributed by atoms with van der Waals surface area (Å²) in [5, 5.41) is 3.25. The first-order chi connectivity index (χ1) is 8.65. The Hall–Kier alpha value is -1.06. The number of hydrogen-bond acceptors (Lipinski definition) is 2. The zero-order valence-electron chi connectivity index (χ0n) is 11.0. The number of rotatable bonds is 4. The van der Waals surface area contributed by atoms with E-state index in [0.717, 1.165) is 28.0 Å². The number of aryl methyl sites for hydroxylation is 1. The lowest BCUT2D eigenvalue weighted by Gasteiger charge is -2.10. The molecule has 0 saturated heterocycles. The molecule has 2 nitrogen and oxygen atoms in total. The molecule has 1 unspecified atom stereocenters. The Kier molecular flexibility index (Phi) is 4.25. The summed E-state index contributed by atoms with van der Waals surface area (Å²) < 4.78 is 7.03. The lowest BCUT2D eigenvalue weighted by atomic mass is 10.1. The van der Waals surface area contributed by atoms with Crippen molar-refractivity contribution in [3.8, 4) is 11.3 Å². The van der Waals surface area contributed by atoms with Crippen molar-refractivity contribution in [3.05, 3.63) is 46.1 Å². The van der Waals surface area contributed by atoms with Crippen LogP contribution in [0.25, 0.3) is 11.3 Å². The average Bonchev–Trinajstić information content (AvgIpc) is 2.84. The molecule has 0 radical (unpaired) electrons. The molecule has 1 aromatic heterocycles. The van der Waals surface area contributed by atoms with Gasteiger partial charge in [-0.1, -0.05) is 35.0 Å². The highest BCUT2D eigenvalue weighted by Gasteiger charge is 2.12. The fraction of sp³-hybridized carbons (Fsp3) is 0.333. The van der Waals surface area contributed by atoms with Crippen LogP contribution in [0, 0.1) is 6.92 Å². The molecule has 0 fully saturated rings. The van der Waals surface area contributed by atoms with Gasteiger partial charge in [0.05, 0.1) is 6.04 Å². The summed E-state index contributed by atoms with van der Waals surface area (Å²) in [7, 11) is 1.96. The summed E-state index contributed by atoms with van der Waals surface area (Å²) in [6, 6.07) is 10.6. The maximum Gasteiger partial charge on any atom is 0.134 e. The SMILES string of the molecule is CCC(NC)c1ccc(-c2ccc(C)c(Br)c2)o1.